The second kappa shape index (κ2) is 9.80. The normalized spacial score (nSPS) is 10.4. The molecule has 6 heteroatoms. The third-order valence-electron chi connectivity index (χ3n) is 3.93. The highest BCUT2D eigenvalue weighted by Gasteiger charge is 2.10. The maximum atomic E-state index is 12.1. The van der Waals surface area contributed by atoms with E-state index in [4.69, 9.17) is 9.47 Å². The van der Waals surface area contributed by atoms with Crippen molar-refractivity contribution < 1.29 is 14.3 Å². The number of para-hydroxylation sites is 1. The van der Waals surface area contributed by atoms with Crippen molar-refractivity contribution >= 4 is 23.4 Å². The number of hydrogen-bond donors (Lipinski definition) is 1. The van der Waals surface area contributed by atoms with Gasteiger partial charge in [0.15, 0.2) is 18.1 Å². The fraction of sp³-hybridized carbons (Fsp3) is 0.182. The number of aromatic nitrogens is 1. The minimum Gasteiger partial charge on any atom is -0.491 e. The van der Waals surface area contributed by atoms with Gasteiger partial charge in [0.1, 0.15) is 0 Å². The first-order valence-corrected chi connectivity index (χ1v) is 9.82. The zero-order chi connectivity index (χ0) is 19.8. The fourth-order valence-electron chi connectivity index (χ4n) is 2.46. The van der Waals surface area contributed by atoms with Crippen LogP contribution in [0.15, 0.2) is 71.8 Å². The Morgan fingerprint density at radius 2 is 1.82 bits per heavy atom. The first-order valence-electron chi connectivity index (χ1n) is 8.84. The number of hydrogen-bond acceptors (Lipinski definition) is 5. The van der Waals surface area contributed by atoms with Gasteiger partial charge in [0.05, 0.1) is 19.0 Å². The Bertz CT molecular complexity index is 915. The highest BCUT2D eigenvalue weighted by atomic mass is 32.2. The topological polar surface area (TPSA) is 60.5 Å². The van der Waals surface area contributed by atoms with E-state index in [0.717, 1.165) is 11.4 Å². The van der Waals surface area contributed by atoms with Crippen LogP contribution in [-0.4, -0.2) is 24.6 Å². The summed E-state index contributed by atoms with van der Waals surface area (Å²) in [4.78, 5) is 17.7. The molecular formula is C22H22N2O3S. The van der Waals surface area contributed by atoms with Crippen molar-refractivity contribution in [3.05, 3.63) is 78.1 Å². The number of rotatable bonds is 8. The van der Waals surface area contributed by atoms with Gasteiger partial charge in [0.2, 0.25) is 0 Å². The summed E-state index contributed by atoms with van der Waals surface area (Å²) in [6.07, 6.45) is 1.62. The van der Waals surface area contributed by atoms with Gasteiger partial charge < -0.3 is 14.8 Å². The number of nitrogens with one attached hydrogen (secondary N) is 1. The third kappa shape index (κ3) is 5.76. The molecular weight excluding hydrogens is 372 g/mol. The monoisotopic (exact) mass is 394 g/mol. The molecule has 0 aliphatic heterocycles. The van der Waals surface area contributed by atoms with E-state index in [1.54, 1.807) is 25.1 Å². The molecule has 28 heavy (non-hydrogen) atoms. The molecule has 3 aromatic rings. The fourth-order valence-corrected chi connectivity index (χ4v) is 3.26. The molecule has 0 saturated heterocycles. The van der Waals surface area contributed by atoms with Gasteiger partial charge in [0, 0.05) is 22.4 Å². The SMILES string of the molecule is COc1cnc(CSc2ccc(C)cc2)cc1OCC(=O)Nc1ccccc1. The standard InChI is InChI=1S/C22H22N2O3S/c1-16-8-10-19(11-9-16)28-15-18-12-20(21(26-2)13-23-18)27-14-22(25)24-17-6-4-3-5-7-17/h3-13H,14-15H2,1-2H3,(H,24,25). The first-order chi connectivity index (χ1) is 13.6. The Labute approximate surface area is 169 Å². The summed E-state index contributed by atoms with van der Waals surface area (Å²) >= 11 is 1.69. The smallest absolute Gasteiger partial charge is 0.262 e. The molecule has 3 rings (SSSR count). The molecule has 1 N–H and O–H groups in total. The number of aryl methyl sites for hydroxylation is 1. The lowest BCUT2D eigenvalue weighted by molar-refractivity contribution is -0.118. The Balaban J connectivity index is 1.60. The molecule has 1 aromatic heterocycles. The summed E-state index contributed by atoms with van der Waals surface area (Å²) in [6.45, 7) is 1.96. The Kier molecular flexibility index (Phi) is 6.92. The second-order valence-electron chi connectivity index (χ2n) is 6.13. The largest absolute Gasteiger partial charge is 0.491 e. The molecule has 0 saturated carbocycles. The van der Waals surface area contributed by atoms with Gasteiger partial charge in [-0.3, -0.25) is 9.78 Å². The van der Waals surface area contributed by atoms with Gasteiger partial charge in [0.25, 0.3) is 5.91 Å². The zero-order valence-electron chi connectivity index (χ0n) is 15.8. The van der Waals surface area contributed by atoms with Crippen LogP contribution >= 0.6 is 11.8 Å². The lowest BCUT2D eigenvalue weighted by Gasteiger charge is -2.12. The van der Waals surface area contributed by atoms with E-state index in [0.29, 0.717) is 17.3 Å². The maximum absolute atomic E-state index is 12.1. The molecule has 0 radical (unpaired) electrons. The number of benzene rings is 2. The maximum Gasteiger partial charge on any atom is 0.262 e. The van der Waals surface area contributed by atoms with E-state index in [-0.39, 0.29) is 12.5 Å². The van der Waals surface area contributed by atoms with Crippen molar-refractivity contribution in [2.75, 3.05) is 19.0 Å². The molecule has 0 atom stereocenters. The van der Waals surface area contributed by atoms with Crippen molar-refractivity contribution in [3.8, 4) is 11.5 Å². The predicted molar refractivity (Wildman–Crippen MR) is 112 cm³/mol. The number of carbonyl (C=O) groups is 1. The average Bonchev–Trinajstić information content (AvgIpc) is 2.72. The number of pyridine rings is 1. The average molecular weight is 394 g/mol. The van der Waals surface area contributed by atoms with E-state index >= 15 is 0 Å². The number of anilines is 1. The van der Waals surface area contributed by atoms with Crippen LogP contribution in [0.2, 0.25) is 0 Å². The van der Waals surface area contributed by atoms with Crippen LogP contribution < -0.4 is 14.8 Å². The van der Waals surface area contributed by atoms with E-state index < -0.39 is 0 Å². The minimum absolute atomic E-state index is 0.111. The van der Waals surface area contributed by atoms with Crippen molar-refractivity contribution in [3.63, 3.8) is 0 Å². The summed E-state index contributed by atoms with van der Waals surface area (Å²) < 4.78 is 11.0. The van der Waals surface area contributed by atoms with Crippen LogP contribution in [-0.2, 0) is 10.5 Å². The van der Waals surface area contributed by atoms with Crippen molar-refractivity contribution in [1.29, 1.82) is 0 Å². The predicted octanol–water partition coefficient (Wildman–Crippen LogP) is 4.71. The number of carbonyl (C=O) groups excluding carboxylic acids is 1. The molecule has 0 unspecified atom stereocenters. The van der Waals surface area contributed by atoms with Gasteiger partial charge >= 0.3 is 0 Å². The van der Waals surface area contributed by atoms with E-state index in [2.05, 4.69) is 41.5 Å². The van der Waals surface area contributed by atoms with Crippen LogP contribution in [0.1, 0.15) is 11.3 Å². The summed E-state index contributed by atoms with van der Waals surface area (Å²) in [6, 6.07) is 19.4. The van der Waals surface area contributed by atoms with Crippen LogP contribution in [0.3, 0.4) is 0 Å². The summed E-state index contributed by atoms with van der Waals surface area (Å²) in [7, 11) is 1.55. The summed E-state index contributed by atoms with van der Waals surface area (Å²) in [5.41, 5.74) is 2.81. The highest BCUT2D eigenvalue weighted by Crippen LogP contribution is 2.29. The van der Waals surface area contributed by atoms with Crippen LogP contribution in [0, 0.1) is 6.92 Å². The Morgan fingerprint density at radius 1 is 1.07 bits per heavy atom. The van der Waals surface area contributed by atoms with Crippen molar-refractivity contribution in [2.45, 2.75) is 17.6 Å². The Hall–Kier alpha value is -2.99. The minimum atomic E-state index is -0.236. The number of thioether (sulfide) groups is 1. The lowest BCUT2D eigenvalue weighted by atomic mass is 10.2. The van der Waals surface area contributed by atoms with Gasteiger partial charge in [-0.2, -0.15) is 0 Å². The quantitative estimate of drug-likeness (QED) is 0.561. The van der Waals surface area contributed by atoms with E-state index in [9.17, 15) is 4.79 Å². The molecule has 0 spiro atoms. The molecule has 1 heterocycles. The zero-order valence-corrected chi connectivity index (χ0v) is 16.7. The molecule has 0 aliphatic carbocycles. The van der Waals surface area contributed by atoms with Crippen LogP contribution in [0.4, 0.5) is 5.69 Å². The number of nitrogens with zero attached hydrogens (tertiary/aromatic N) is 1. The third-order valence-corrected chi connectivity index (χ3v) is 4.98. The highest BCUT2D eigenvalue weighted by molar-refractivity contribution is 7.98. The van der Waals surface area contributed by atoms with Crippen LogP contribution in [0.25, 0.3) is 0 Å². The Morgan fingerprint density at radius 3 is 2.54 bits per heavy atom. The molecule has 0 aliphatic rings. The molecule has 0 bridgehead atoms. The molecule has 1 amide bonds. The van der Waals surface area contributed by atoms with Crippen LogP contribution in [0.5, 0.6) is 11.5 Å². The lowest BCUT2D eigenvalue weighted by Crippen LogP contribution is -2.20. The van der Waals surface area contributed by atoms with Gasteiger partial charge in [-0.15, -0.1) is 11.8 Å². The number of ether oxygens (including phenoxy) is 2. The summed E-state index contributed by atoms with van der Waals surface area (Å²) in [5.74, 6) is 1.46. The number of methoxy groups -OCH3 is 1. The van der Waals surface area contributed by atoms with E-state index in [1.807, 2.05) is 36.4 Å². The molecule has 0 fully saturated rings. The molecule has 2 aromatic carbocycles. The van der Waals surface area contributed by atoms with Crippen molar-refractivity contribution in [2.24, 2.45) is 0 Å². The second-order valence-corrected chi connectivity index (χ2v) is 7.18. The number of amides is 1. The summed E-state index contributed by atoms with van der Waals surface area (Å²) in [5, 5.41) is 2.79. The van der Waals surface area contributed by atoms with Gasteiger partial charge in [-0.05, 0) is 31.2 Å². The molecule has 144 valence electrons. The van der Waals surface area contributed by atoms with Crippen molar-refractivity contribution in [1.82, 2.24) is 4.98 Å². The molecule has 5 nitrogen and oxygen atoms in total. The van der Waals surface area contributed by atoms with Gasteiger partial charge in [-0.1, -0.05) is 35.9 Å². The first kappa shape index (κ1) is 19.8. The van der Waals surface area contributed by atoms with E-state index in [1.165, 1.54) is 10.5 Å². The van der Waals surface area contributed by atoms with Gasteiger partial charge in [-0.25, -0.2) is 0 Å².